The number of nitrogens with zero attached hydrogens (tertiary/aromatic N) is 2. The maximum absolute atomic E-state index is 13.3. The number of aromatic nitrogens is 2. The number of benzene rings is 1. The van der Waals surface area contributed by atoms with Gasteiger partial charge in [0.2, 0.25) is 0 Å². The van der Waals surface area contributed by atoms with Gasteiger partial charge in [0.25, 0.3) is 5.56 Å². The molecule has 1 aromatic carbocycles. The van der Waals surface area contributed by atoms with E-state index in [1.165, 1.54) is 30.3 Å². The average Bonchev–Trinajstić information content (AvgIpc) is 3.23. The second kappa shape index (κ2) is 8.23. The van der Waals surface area contributed by atoms with Gasteiger partial charge in [-0.1, -0.05) is 39.3 Å². The molecule has 31 heavy (non-hydrogen) atoms. The standard InChI is InChI=1S/C23H25ClN2O5/c1-6-23(21(28)29,22(2,3)4)26-12-19(30-5)17(10-20(26)27)16-9-14(24)7-8-15(16)18-11-25-13-31-18/h7-13H,6H2,1-5H3,(H,28,29). The summed E-state index contributed by atoms with van der Waals surface area (Å²) in [7, 11) is 1.47. The Kier molecular flexibility index (Phi) is 6.00. The molecular weight excluding hydrogens is 420 g/mol. The summed E-state index contributed by atoms with van der Waals surface area (Å²) in [5, 5.41) is 10.6. The molecule has 0 fully saturated rings. The van der Waals surface area contributed by atoms with E-state index in [1.54, 1.807) is 52.1 Å². The van der Waals surface area contributed by atoms with Crippen LogP contribution in [0.25, 0.3) is 22.5 Å². The highest BCUT2D eigenvalue weighted by molar-refractivity contribution is 6.31. The molecule has 2 heterocycles. The van der Waals surface area contributed by atoms with Crippen LogP contribution in [0.3, 0.4) is 0 Å². The molecular formula is C23H25ClN2O5. The molecule has 1 atom stereocenters. The lowest BCUT2D eigenvalue weighted by molar-refractivity contribution is -0.154. The van der Waals surface area contributed by atoms with Gasteiger partial charge < -0.3 is 14.3 Å². The third-order valence-electron chi connectivity index (χ3n) is 5.72. The fraction of sp³-hybridized carbons (Fsp3) is 0.348. The Hall–Kier alpha value is -3.06. The van der Waals surface area contributed by atoms with Crippen molar-refractivity contribution in [1.29, 1.82) is 0 Å². The quantitative estimate of drug-likeness (QED) is 0.570. The lowest BCUT2D eigenvalue weighted by atomic mass is 9.71. The summed E-state index contributed by atoms with van der Waals surface area (Å²) >= 11 is 6.24. The summed E-state index contributed by atoms with van der Waals surface area (Å²) in [4.78, 5) is 29.7. The monoisotopic (exact) mass is 444 g/mol. The van der Waals surface area contributed by atoms with Gasteiger partial charge in [0, 0.05) is 22.2 Å². The predicted molar refractivity (Wildman–Crippen MR) is 119 cm³/mol. The normalized spacial score (nSPS) is 13.6. The van der Waals surface area contributed by atoms with Gasteiger partial charge >= 0.3 is 5.97 Å². The fourth-order valence-electron chi connectivity index (χ4n) is 4.13. The summed E-state index contributed by atoms with van der Waals surface area (Å²) in [6.45, 7) is 7.16. The van der Waals surface area contributed by atoms with Crippen molar-refractivity contribution in [2.75, 3.05) is 7.11 Å². The highest BCUT2D eigenvalue weighted by Gasteiger charge is 2.50. The van der Waals surface area contributed by atoms with Gasteiger partial charge in [-0.25, -0.2) is 9.78 Å². The highest BCUT2D eigenvalue weighted by atomic mass is 35.5. The number of pyridine rings is 1. The Morgan fingerprint density at radius 3 is 2.45 bits per heavy atom. The number of aliphatic carboxylic acids is 1. The van der Waals surface area contributed by atoms with E-state index < -0.39 is 22.5 Å². The molecule has 0 aliphatic carbocycles. The largest absolute Gasteiger partial charge is 0.495 e. The van der Waals surface area contributed by atoms with E-state index in [1.807, 2.05) is 0 Å². The van der Waals surface area contributed by atoms with Gasteiger partial charge in [-0.15, -0.1) is 0 Å². The average molecular weight is 445 g/mol. The SMILES string of the molecule is CCC(C(=O)O)(n1cc(OC)c(-c2cc(Cl)ccc2-c2cnco2)cc1=O)C(C)(C)C. The molecule has 1 N–H and O–H groups in total. The molecule has 1 unspecified atom stereocenters. The molecule has 0 saturated heterocycles. The van der Waals surface area contributed by atoms with Crippen LogP contribution in [0.1, 0.15) is 34.1 Å². The maximum Gasteiger partial charge on any atom is 0.330 e. The first-order valence-corrected chi connectivity index (χ1v) is 10.2. The maximum atomic E-state index is 13.3. The minimum atomic E-state index is -1.46. The zero-order valence-electron chi connectivity index (χ0n) is 18.1. The summed E-state index contributed by atoms with van der Waals surface area (Å²) in [5.41, 5.74) is -0.907. The first kappa shape index (κ1) is 22.6. The van der Waals surface area contributed by atoms with Crippen LogP contribution in [-0.2, 0) is 10.3 Å². The molecule has 0 aliphatic rings. The predicted octanol–water partition coefficient (Wildman–Crippen LogP) is 5.07. The van der Waals surface area contributed by atoms with E-state index in [-0.39, 0.29) is 6.42 Å². The number of ether oxygens (including phenoxy) is 1. The Labute approximate surface area is 185 Å². The van der Waals surface area contributed by atoms with E-state index in [0.717, 1.165) is 0 Å². The van der Waals surface area contributed by atoms with Crippen LogP contribution in [0.15, 0.2) is 52.3 Å². The lowest BCUT2D eigenvalue weighted by Gasteiger charge is -2.42. The molecule has 0 radical (unpaired) electrons. The van der Waals surface area contributed by atoms with Crippen molar-refractivity contribution in [1.82, 2.24) is 9.55 Å². The molecule has 7 nitrogen and oxygen atoms in total. The van der Waals surface area contributed by atoms with Crippen molar-refractivity contribution in [2.24, 2.45) is 5.41 Å². The number of hydrogen-bond donors (Lipinski definition) is 1. The smallest absolute Gasteiger partial charge is 0.330 e. The number of carboxylic acids is 1. The van der Waals surface area contributed by atoms with Gasteiger partial charge in [-0.3, -0.25) is 9.36 Å². The second-order valence-corrected chi connectivity index (χ2v) is 8.72. The topological polar surface area (TPSA) is 94.6 Å². The van der Waals surface area contributed by atoms with Crippen LogP contribution < -0.4 is 10.3 Å². The van der Waals surface area contributed by atoms with Crippen LogP contribution in [0.5, 0.6) is 5.75 Å². The number of methoxy groups -OCH3 is 1. The Balaban J connectivity index is 2.34. The molecule has 0 amide bonds. The molecule has 0 saturated carbocycles. The van der Waals surface area contributed by atoms with Crippen molar-refractivity contribution in [3.05, 3.63) is 58.4 Å². The highest BCUT2D eigenvalue weighted by Crippen LogP contribution is 2.42. The number of rotatable bonds is 6. The van der Waals surface area contributed by atoms with Gasteiger partial charge in [0.15, 0.2) is 12.2 Å². The molecule has 164 valence electrons. The van der Waals surface area contributed by atoms with Crippen molar-refractivity contribution in [2.45, 2.75) is 39.7 Å². The van der Waals surface area contributed by atoms with Crippen LogP contribution in [0.4, 0.5) is 0 Å². The molecule has 0 bridgehead atoms. The molecule has 3 aromatic rings. The number of halogens is 1. The Bertz CT molecular complexity index is 1160. The van der Waals surface area contributed by atoms with E-state index >= 15 is 0 Å². The Morgan fingerprint density at radius 2 is 1.94 bits per heavy atom. The number of hydrogen-bond acceptors (Lipinski definition) is 5. The van der Waals surface area contributed by atoms with Crippen molar-refractivity contribution in [3.8, 4) is 28.2 Å². The molecule has 0 aliphatic heterocycles. The zero-order chi connectivity index (χ0) is 23.0. The van der Waals surface area contributed by atoms with E-state index in [0.29, 0.717) is 33.2 Å². The van der Waals surface area contributed by atoms with E-state index in [9.17, 15) is 14.7 Å². The van der Waals surface area contributed by atoms with Crippen molar-refractivity contribution in [3.63, 3.8) is 0 Å². The first-order chi connectivity index (χ1) is 14.6. The number of oxazole rings is 1. The Morgan fingerprint density at radius 1 is 1.23 bits per heavy atom. The summed E-state index contributed by atoms with van der Waals surface area (Å²) in [5.74, 6) is -0.239. The fourth-order valence-corrected chi connectivity index (χ4v) is 4.30. The third kappa shape index (κ3) is 3.74. The zero-order valence-corrected chi connectivity index (χ0v) is 18.9. The number of carboxylic acid groups (broad SMARTS) is 1. The van der Waals surface area contributed by atoms with Crippen LogP contribution in [0, 0.1) is 5.41 Å². The first-order valence-electron chi connectivity index (χ1n) is 9.80. The molecule has 8 heteroatoms. The molecule has 0 spiro atoms. The molecule has 3 rings (SSSR count). The summed E-state index contributed by atoms with van der Waals surface area (Å²) in [6, 6.07) is 6.56. The van der Waals surface area contributed by atoms with Crippen molar-refractivity contribution < 1.29 is 19.1 Å². The van der Waals surface area contributed by atoms with Crippen LogP contribution in [0.2, 0.25) is 5.02 Å². The third-order valence-corrected chi connectivity index (χ3v) is 5.96. The number of carbonyl (C=O) groups is 1. The second-order valence-electron chi connectivity index (χ2n) is 8.29. The van der Waals surface area contributed by atoms with E-state index in [4.69, 9.17) is 20.8 Å². The molecule has 2 aromatic heterocycles. The minimum Gasteiger partial charge on any atom is -0.495 e. The van der Waals surface area contributed by atoms with Gasteiger partial charge in [-0.2, -0.15) is 0 Å². The minimum absolute atomic E-state index is 0.217. The van der Waals surface area contributed by atoms with Gasteiger partial charge in [-0.05, 0) is 35.6 Å². The van der Waals surface area contributed by atoms with Crippen molar-refractivity contribution >= 4 is 17.6 Å². The van der Waals surface area contributed by atoms with Crippen LogP contribution >= 0.6 is 11.6 Å². The van der Waals surface area contributed by atoms with Crippen LogP contribution in [-0.4, -0.2) is 27.7 Å². The summed E-state index contributed by atoms with van der Waals surface area (Å²) < 4.78 is 12.3. The van der Waals surface area contributed by atoms with Gasteiger partial charge in [0.05, 0.1) is 19.5 Å². The van der Waals surface area contributed by atoms with Gasteiger partial charge in [0.1, 0.15) is 11.3 Å². The lowest BCUT2D eigenvalue weighted by Crippen LogP contribution is -2.55. The van der Waals surface area contributed by atoms with E-state index in [2.05, 4.69) is 4.98 Å². The summed E-state index contributed by atoms with van der Waals surface area (Å²) in [6.07, 6.45) is 4.56.